The van der Waals surface area contributed by atoms with Gasteiger partial charge < -0.3 is 20.7 Å². The Morgan fingerprint density at radius 3 is 2.78 bits per heavy atom. The van der Waals surface area contributed by atoms with Gasteiger partial charge in [-0.2, -0.15) is 10.1 Å². The number of nitrogens with two attached hydrogens (primary N) is 1. The molecule has 1 fully saturated rings. The number of nitrogens with one attached hydrogen (secondary N) is 1. The minimum Gasteiger partial charge on any atom is -0.382 e. The first-order chi connectivity index (χ1) is 15.6. The zero-order valence-electron chi connectivity index (χ0n) is 18.9. The van der Waals surface area contributed by atoms with Gasteiger partial charge >= 0.3 is 0 Å². The molecule has 0 amide bonds. The van der Waals surface area contributed by atoms with Crippen LogP contribution in [0, 0.1) is 5.92 Å². The first kappa shape index (κ1) is 22.8. The zero-order chi connectivity index (χ0) is 22.5. The topological polar surface area (TPSA) is 94.1 Å². The summed E-state index contributed by atoms with van der Waals surface area (Å²) in [6.45, 7) is 8.79. The number of ether oxygens (including phenoxy) is 1. The SMILES string of the molecule is CCOCCn1nc(CC)c2nc(N(CC3CCNCC3)c3cccc(Cl)c3)nc(N)c21. The third-order valence-corrected chi connectivity index (χ3v) is 6.15. The number of hydrogen-bond donors (Lipinski definition) is 2. The molecule has 32 heavy (non-hydrogen) atoms. The van der Waals surface area contributed by atoms with Crippen LogP contribution in [0.4, 0.5) is 17.5 Å². The third kappa shape index (κ3) is 4.98. The second-order valence-electron chi connectivity index (χ2n) is 8.11. The van der Waals surface area contributed by atoms with Gasteiger partial charge in [0, 0.05) is 23.9 Å². The molecule has 0 aliphatic carbocycles. The Labute approximate surface area is 194 Å². The average Bonchev–Trinajstić information content (AvgIpc) is 3.16. The Morgan fingerprint density at radius 1 is 1.25 bits per heavy atom. The second kappa shape index (κ2) is 10.5. The maximum Gasteiger partial charge on any atom is 0.232 e. The van der Waals surface area contributed by atoms with Crippen LogP contribution in [0.2, 0.25) is 5.02 Å². The van der Waals surface area contributed by atoms with Crippen molar-refractivity contribution in [1.82, 2.24) is 25.1 Å². The lowest BCUT2D eigenvalue weighted by molar-refractivity contribution is 0.137. The summed E-state index contributed by atoms with van der Waals surface area (Å²) < 4.78 is 7.39. The standard InChI is InChI=1S/C23H32ClN7O/c1-3-19-20-21(31(29-19)12-13-32-4-2)22(25)28-23(27-20)30(15-16-8-10-26-11-9-16)18-7-5-6-17(24)14-18/h5-7,14,16,26H,3-4,8-13,15H2,1-2H3,(H2,25,27,28). The molecular weight excluding hydrogens is 426 g/mol. The van der Waals surface area contributed by atoms with Crippen molar-refractivity contribution >= 4 is 40.1 Å². The van der Waals surface area contributed by atoms with Crippen molar-refractivity contribution in [3.63, 3.8) is 0 Å². The van der Waals surface area contributed by atoms with E-state index >= 15 is 0 Å². The molecule has 0 spiro atoms. The molecule has 0 unspecified atom stereocenters. The number of aryl methyl sites for hydroxylation is 1. The maximum atomic E-state index is 6.49. The summed E-state index contributed by atoms with van der Waals surface area (Å²) in [6, 6.07) is 7.84. The van der Waals surface area contributed by atoms with Crippen LogP contribution < -0.4 is 16.0 Å². The van der Waals surface area contributed by atoms with Crippen molar-refractivity contribution in [3.05, 3.63) is 35.0 Å². The van der Waals surface area contributed by atoms with Gasteiger partial charge in [0.15, 0.2) is 5.82 Å². The number of halogens is 1. The van der Waals surface area contributed by atoms with E-state index in [0.29, 0.717) is 42.5 Å². The fraction of sp³-hybridized carbons (Fsp3) is 0.522. The zero-order valence-corrected chi connectivity index (χ0v) is 19.6. The first-order valence-electron chi connectivity index (χ1n) is 11.4. The van der Waals surface area contributed by atoms with Gasteiger partial charge in [-0.05, 0) is 63.4 Å². The van der Waals surface area contributed by atoms with Crippen molar-refractivity contribution in [3.8, 4) is 0 Å². The smallest absolute Gasteiger partial charge is 0.232 e. The van der Waals surface area contributed by atoms with Gasteiger partial charge in [-0.1, -0.05) is 24.6 Å². The summed E-state index contributed by atoms with van der Waals surface area (Å²) in [6.07, 6.45) is 2.99. The molecule has 3 heterocycles. The molecule has 9 heteroatoms. The van der Waals surface area contributed by atoms with Crippen molar-refractivity contribution in [2.24, 2.45) is 5.92 Å². The maximum absolute atomic E-state index is 6.49. The van der Waals surface area contributed by atoms with Gasteiger partial charge in [-0.15, -0.1) is 0 Å². The number of hydrogen-bond acceptors (Lipinski definition) is 7. The van der Waals surface area contributed by atoms with E-state index < -0.39 is 0 Å². The largest absolute Gasteiger partial charge is 0.382 e. The Bertz CT molecular complexity index is 1050. The van der Waals surface area contributed by atoms with E-state index in [0.717, 1.165) is 61.3 Å². The highest BCUT2D eigenvalue weighted by molar-refractivity contribution is 6.30. The molecule has 1 saturated heterocycles. The van der Waals surface area contributed by atoms with Crippen LogP contribution in [0.5, 0.6) is 0 Å². The van der Waals surface area contributed by atoms with Crippen LogP contribution in [-0.4, -0.2) is 52.6 Å². The summed E-state index contributed by atoms with van der Waals surface area (Å²) in [7, 11) is 0. The fourth-order valence-electron chi connectivity index (χ4n) is 4.24. The molecule has 0 atom stereocenters. The lowest BCUT2D eigenvalue weighted by Gasteiger charge is -2.30. The van der Waals surface area contributed by atoms with E-state index in [-0.39, 0.29) is 0 Å². The summed E-state index contributed by atoms with van der Waals surface area (Å²) in [5.74, 6) is 1.57. The number of nitrogen functional groups attached to an aromatic ring is 1. The van der Waals surface area contributed by atoms with E-state index in [4.69, 9.17) is 37.1 Å². The number of aromatic nitrogens is 4. The molecule has 0 bridgehead atoms. The lowest BCUT2D eigenvalue weighted by Crippen LogP contribution is -2.35. The molecule has 2 aromatic heterocycles. The van der Waals surface area contributed by atoms with Gasteiger partial charge in [-0.3, -0.25) is 4.68 Å². The molecule has 1 aliphatic heterocycles. The molecule has 1 aliphatic rings. The first-order valence-corrected chi connectivity index (χ1v) is 11.8. The van der Waals surface area contributed by atoms with Gasteiger partial charge in [0.05, 0.1) is 18.8 Å². The van der Waals surface area contributed by atoms with Gasteiger partial charge in [0.25, 0.3) is 0 Å². The Balaban J connectivity index is 1.76. The van der Waals surface area contributed by atoms with E-state index in [1.54, 1.807) is 0 Å². The van der Waals surface area contributed by atoms with Crippen LogP contribution in [-0.2, 0) is 17.7 Å². The number of piperidine rings is 1. The highest BCUT2D eigenvalue weighted by Crippen LogP contribution is 2.31. The second-order valence-corrected chi connectivity index (χ2v) is 8.55. The number of fused-ring (bicyclic) bond motifs is 1. The van der Waals surface area contributed by atoms with E-state index in [9.17, 15) is 0 Å². The number of anilines is 3. The van der Waals surface area contributed by atoms with E-state index in [1.807, 2.05) is 35.9 Å². The van der Waals surface area contributed by atoms with Crippen molar-refractivity contribution in [2.45, 2.75) is 39.7 Å². The number of nitrogens with zero attached hydrogens (tertiary/aromatic N) is 5. The van der Waals surface area contributed by atoms with Crippen LogP contribution >= 0.6 is 11.6 Å². The monoisotopic (exact) mass is 457 g/mol. The van der Waals surface area contributed by atoms with Crippen LogP contribution in [0.3, 0.4) is 0 Å². The average molecular weight is 458 g/mol. The highest BCUT2D eigenvalue weighted by atomic mass is 35.5. The van der Waals surface area contributed by atoms with Crippen LogP contribution in [0.15, 0.2) is 24.3 Å². The van der Waals surface area contributed by atoms with Gasteiger partial charge in [0.2, 0.25) is 5.95 Å². The van der Waals surface area contributed by atoms with E-state index in [2.05, 4.69) is 17.1 Å². The Morgan fingerprint density at radius 2 is 2.06 bits per heavy atom. The predicted octanol–water partition coefficient (Wildman–Crippen LogP) is 3.80. The summed E-state index contributed by atoms with van der Waals surface area (Å²) in [4.78, 5) is 11.9. The highest BCUT2D eigenvalue weighted by Gasteiger charge is 2.24. The minimum absolute atomic E-state index is 0.436. The molecular formula is C23H32ClN7O. The predicted molar refractivity (Wildman–Crippen MR) is 130 cm³/mol. The Hall–Kier alpha value is -2.42. The van der Waals surface area contributed by atoms with Crippen molar-refractivity contribution in [2.75, 3.05) is 43.5 Å². The normalized spacial score (nSPS) is 14.8. The third-order valence-electron chi connectivity index (χ3n) is 5.92. The lowest BCUT2D eigenvalue weighted by atomic mass is 9.97. The Kier molecular flexibility index (Phi) is 7.44. The summed E-state index contributed by atoms with van der Waals surface area (Å²) >= 11 is 6.33. The molecule has 3 aromatic rings. The van der Waals surface area contributed by atoms with Crippen molar-refractivity contribution in [1.29, 1.82) is 0 Å². The fourth-order valence-corrected chi connectivity index (χ4v) is 4.43. The molecule has 172 valence electrons. The van der Waals surface area contributed by atoms with Crippen LogP contribution in [0.25, 0.3) is 11.0 Å². The summed E-state index contributed by atoms with van der Waals surface area (Å²) in [5.41, 5.74) is 9.96. The molecule has 8 nitrogen and oxygen atoms in total. The number of benzene rings is 1. The molecule has 3 N–H and O–H groups in total. The summed E-state index contributed by atoms with van der Waals surface area (Å²) in [5, 5.41) is 8.87. The van der Waals surface area contributed by atoms with Crippen molar-refractivity contribution < 1.29 is 4.74 Å². The van der Waals surface area contributed by atoms with Gasteiger partial charge in [-0.25, -0.2) is 4.98 Å². The van der Waals surface area contributed by atoms with Crippen LogP contribution in [0.1, 0.15) is 32.4 Å². The van der Waals surface area contributed by atoms with Gasteiger partial charge in [0.1, 0.15) is 11.0 Å². The molecule has 0 radical (unpaired) electrons. The van der Waals surface area contributed by atoms with E-state index in [1.165, 1.54) is 0 Å². The molecule has 0 saturated carbocycles. The number of rotatable bonds is 9. The quantitative estimate of drug-likeness (QED) is 0.472. The minimum atomic E-state index is 0.436. The molecule has 4 rings (SSSR count). The molecule has 1 aromatic carbocycles.